The number of carbonyl (C=O) groups excluding carboxylic acids is 1. The minimum absolute atomic E-state index is 0.239. The lowest BCUT2D eigenvalue weighted by atomic mass is 9.84. The summed E-state index contributed by atoms with van der Waals surface area (Å²) in [5.41, 5.74) is 0.809. The second-order valence-electron chi connectivity index (χ2n) is 5.08. The van der Waals surface area contributed by atoms with Crippen molar-refractivity contribution in [2.45, 2.75) is 44.9 Å². The van der Waals surface area contributed by atoms with E-state index in [1.807, 2.05) is 0 Å². The lowest BCUT2D eigenvalue weighted by Gasteiger charge is -2.20. The van der Waals surface area contributed by atoms with Crippen molar-refractivity contribution in [1.82, 2.24) is 0 Å². The highest BCUT2D eigenvalue weighted by molar-refractivity contribution is 6.30. The van der Waals surface area contributed by atoms with Crippen LogP contribution in [0.5, 0.6) is 0 Å². The van der Waals surface area contributed by atoms with Crippen LogP contribution in [-0.4, -0.2) is 5.78 Å². The van der Waals surface area contributed by atoms with Gasteiger partial charge in [-0.1, -0.05) is 30.9 Å². The molecule has 1 saturated carbocycles. The Hall–Kier alpha value is -0.890. The standard InChI is InChI=1S/C15H18ClFO/c16-13-8-11(9-14(17)10-13)6-7-15(18)12-4-2-1-3-5-12/h8-10,12H,1-7H2. The molecule has 1 aliphatic rings. The number of aryl methyl sites for hydroxylation is 1. The molecule has 1 aliphatic carbocycles. The Labute approximate surface area is 112 Å². The molecule has 3 heteroatoms. The van der Waals surface area contributed by atoms with Crippen molar-refractivity contribution >= 4 is 17.4 Å². The van der Waals surface area contributed by atoms with Gasteiger partial charge in [0.15, 0.2) is 0 Å². The molecule has 98 valence electrons. The summed E-state index contributed by atoms with van der Waals surface area (Å²) in [5, 5.41) is 0.398. The SMILES string of the molecule is O=C(CCc1cc(F)cc(Cl)c1)C1CCCCC1. The van der Waals surface area contributed by atoms with E-state index in [1.165, 1.54) is 31.4 Å². The minimum Gasteiger partial charge on any atom is -0.299 e. The smallest absolute Gasteiger partial charge is 0.136 e. The van der Waals surface area contributed by atoms with Crippen LogP contribution in [0.2, 0.25) is 5.02 Å². The summed E-state index contributed by atoms with van der Waals surface area (Å²) in [6, 6.07) is 4.48. The van der Waals surface area contributed by atoms with E-state index < -0.39 is 0 Å². The maximum absolute atomic E-state index is 13.1. The molecule has 0 aromatic heterocycles. The van der Waals surface area contributed by atoms with E-state index in [-0.39, 0.29) is 11.7 Å². The fourth-order valence-corrected chi connectivity index (χ4v) is 2.90. The van der Waals surface area contributed by atoms with Gasteiger partial charge >= 0.3 is 0 Å². The summed E-state index contributed by atoms with van der Waals surface area (Å²) in [5.74, 6) is 0.237. The molecular weight excluding hydrogens is 251 g/mol. The molecule has 1 aromatic carbocycles. The maximum atomic E-state index is 13.1. The summed E-state index contributed by atoms with van der Waals surface area (Å²) in [6.07, 6.45) is 6.75. The Kier molecular flexibility index (Phi) is 4.76. The zero-order valence-corrected chi connectivity index (χ0v) is 11.2. The molecule has 0 saturated heterocycles. The molecule has 0 heterocycles. The van der Waals surface area contributed by atoms with Crippen molar-refractivity contribution in [3.63, 3.8) is 0 Å². The monoisotopic (exact) mass is 268 g/mol. The quantitative estimate of drug-likeness (QED) is 0.782. The molecule has 1 aromatic rings. The number of hydrogen-bond donors (Lipinski definition) is 0. The van der Waals surface area contributed by atoms with Crippen LogP contribution >= 0.6 is 11.6 Å². The largest absolute Gasteiger partial charge is 0.299 e. The van der Waals surface area contributed by atoms with Gasteiger partial charge in [0.1, 0.15) is 11.6 Å². The molecule has 0 bridgehead atoms. The summed E-state index contributed by atoms with van der Waals surface area (Å²) in [4.78, 5) is 12.0. The summed E-state index contributed by atoms with van der Waals surface area (Å²) in [6.45, 7) is 0. The topological polar surface area (TPSA) is 17.1 Å². The highest BCUT2D eigenvalue weighted by atomic mass is 35.5. The number of Topliss-reactive ketones (excluding diaryl/α,β-unsaturated/α-hetero) is 1. The molecule has 1 fully saturated rings. The van der Waals surface area contributed by atoms with Crippen LogP contribution in [0.4, 0.5) is 4.39 Å². The van der Waals surface area contributed by atoms with E-state index in [1.54, 1.807) is 6.07 Å². The third-order valence-corrected chi connectivity index (χ3v) is 3.86. The first-order valence-corrected chi connectivity index (χ1v) is 7.00. The van der Waals surface area contributed by atoms with Gasteiger partial charge in [0.2, 0.25) is 0 Å². The molecule has 0 unspecified atom stereocenters. The van der Waals surface area contributed by atoms with E-state index in [0.717, 1.165) is 18.4 Å². The molecule has 0 amide bonds. The second kappa shape index (κ2) is 6.33. The van der Waals surface area contributed by atoms with E-state index in [4.69, 9.17) is 11.6 Å². The van der Waals surface area contributed by atoms with E-state index in [9.17, 15) is 9.18 Å². The van der Waals surface area contributed by atoms with Crippen molar-refractivity contribution < 1.29 is 9.18 Å². The van der Waals surface area contributed by atoms with Crippen LogP contribution in [0.25, 0.3) is 0 Å². The Morgan fingerprint density at radius 1 is 1.22 bits per heavy atom. The van der Waals surface area contributed by atoms with Gasteiger partial charge in [0, 0.05) is 17.4 Å². The van der Waals surface area contributed by atoms with Gasteiger partial charge in [-0.25, -0.2) is 4.39 Å². The van der Waals surface area contributed by atoms with Crippen molar-refractivity contribution in [2.24, 2.45) is 5.92 Å². The molecule has 2 rings (SSSR count). The highest BCUT2D eigenvalue weighted by Crippen LogP contribution is 2.26. The number of ketones is 1. The summed E-state index contributed by atoms with van der Waals surface area (Å²) in [7, 11) is 0. The third-order valence-electron chi connectivity index (χ3n) is 3.64. The molecule has 0 atom stereocenters. The minimum atomic E-state index is -0.331. The number of hydrogen-bond acceptors (Lipinski definition) is 1. The first-order valence-electron chi connectivity index (χ1n) is 6.63. The van der Waals surface area contributed by atoms with Crippen LogP contribution < -0.4 is 0 Å². The van der Waals surface area contributed by atoms with E-state index in [2.05, 4.69) is 0 Å². The predicted octanol–water partition coefficient (Wildman–Crippen LogP) is 4.56. The average Bonchev–Trinajstić information content (AvgIpc) is 2.36. The van der Waals surface area contributed by atoms with Gasteiger partial charge in [0.05, 0.1) is 0 Å². The summed E-state index contributed by atoms with van der Waals surface area (Å²) >= 11 is 5.79. The normalized spacial score (nSPS) is 16.8. The van der Waals surface area contributed by atoms with Crippen LogP contribution in [0, 0.1) is 11.7 Å². The number of benzene rings is 1. The fourth-order valence-electron chi connectivity index (χ4n) is 2.65. The van der Waals surface area contributed by atoms with Gasteiger partial charge in [0.25, 0.3) is 0 Å². The molecule has 18 heavy (non-hydrogen) atoms. The van der Waals surface area contributed by atoms with Crippen molar-refractivity contribution in [1.29, 1.82) is 0 Å². The molecular formula is C15H18ClFO. The first-order chi connectivity index (χ1) is 8.65. The Morgan fingerprint density at radius 3 is 2.61 bits per heavy atom. The number of carbonyl (C=O) groups is 1. The van der Waals surface area contributed by atoms with Crippen molar-refractivity contribution in [3.05, 3.63) is 34.6 Å². The zero-order valence-electron chi connectivity index (χ0n) is 10.4. The molecule has 1 nitrogen and oxygen atoms in total. The number of rotatable bonds is 4. The third kappa shape index (κ3) is 3.81. The summed E-state index contributed by atoms with van der Waals surface area (Å²) < 4.78 is 13.1. The van der Waals surface area contributed by atoms with Gasteiger partial charge in [-0.3, -0.25) is 4.79 Å². The fraction of sp³-hybridized carbons (Fsp3) is 0.533. The molecule has 0 N–H and O–H groups in total. The van der Waals surface area contributed by atoms with Gasteiger partial charge < -0.3 is 0 Å². The zero-order chi connectivity index (χ0) is 13.0. The Morgan fingerprint density at radius 2 is 1.94 bits per heavy atom. The van der Waals surface area contributed by atoms with Crippen molar-refractivity contribution in [3.8, 4) is 0 Å². The van der Waals surface area contributed by atoms with Crippen LogP contribution in [0.3, 0.4) is 0 Å². The predicted molar refractivity (Wildman–Crippen MR) is 71.3 cm³/mol. The molecule has 0 radical (unpaired) electrons. The Balaban J connectivity index is 1.88. The first kappa shape index (κ1) is 13.5. The molecule has 0 spiro atoms. The van der Waals surface area contributed by atoms with Crippen molar-refractivity contribution in [2.75, 3.05) is 0 Å². The van der Waals surface area contributed by atoms with Gasteiger partial charge in [-0.15, -0.1) is 0 Å². The van der Waals surface area contributed by atoms with E-state index >= 15 is 0 Å². The molecule has 0 aliphatic heterocycles. The van der Waals surface area contributed by atoms with E-state index in [0.29, 0.717) is 23.6 Å². The maximum Gasteiger partial charge on any atom is 0.136 e. The highest BCUT2D eigenvalue weighted by Gasteiger charge is 2.20. The van der Waals surface area contributed by atoms with Gasteiger partial charge in [-0.2, -0.15) is 0 Å². The van der Waals surface area contributed by atoms with Crippen LogP contribution in [0.15, 0.2) is 18.2 Å². The van der Waals surface area contributed by atoms with Gasteiger partial charge in [-0.05, 0) is 43.0 Å². The number of halogens is 2. The van der Waals surface area contributed by atoms with Crippen LogP contribution in [0.1, 0.15) is 44.1 Å². The average molecular weight is 269 g/mol. The van der Waals surface area contributed by atoms with Crippen LogP contribution in [-0.2, 0) is 11.2 Å². The lowest BCUT2D eigenvalue weighted by Crippen LogP contribution is -2.18. The Bertz CT molecular complexity index is 404. The second-order valence-corrected chi connectivity index (χ2v) is 5.52. The lowest BCUT2D eigenvalue weighted by molar-refractivity contribution is -0.123.